The van der Waals surface area contributed by atoms with E-state index in [1.165, 1.54) is 17.8 Å². The molecule has 2 aromatic carbocycles. The fourth-order valence-corrected chi connectivity index (χ4v) is 3.18. The van der Waals surface area contributed by atoms with Crippen LogP contribution in [0.4, 0.5) is 11.4 Å². The zero-order chi connectivity index (χ0) is 19.2. The van der Waals surface area contributed by atoms with Gasteiger partial charge < -0.3 is 15.1 Å². The Morgan fingerprint density at radius 2 is 1.74 bits per heavy atom. The summed E-state index contributed by atoms with van der Waals surface area (Å²) in [5.41, 5.74) is 2.26. The van der Waals surface area contributed by atoms with Crippen molar-refractivity contribution in [3.8, 4) is 0 Å². The lowest BCUT2D eigenvalue weighted by molar-refractivity contribution is -0.385. The van der Waals surface area contributed by atoms with E-state index in [4.69, 9.17) is 0 Å². The van der Waals surface area contributed by atoms with E-state index >= 15 is 0 Å². The van der Waals surface area contributed by atoms with Crippen molar-refractivity contribution >= 4 is 17.3 Å². The summed E-state index contributed by atoms with van der Waals surface area (Å²) >= 11 is 0. The Balaban J connectivity index is 1.52. The minimum atomic E-state index is -0.536. The fraction of sp³-hybridized carbons (Fsp3) is 0.350. The molecule has 27 heavy (non-hydrogen) atoms. The Hall–Kier alpha value is -2.93. The molecule has 0 spiro atoms. The highest BCUT2D eigenvalue weighted by Gasteiger charge is 2.18. The molecule has 0 aromatic heterocycles. The number of rotatable bonds is 6. The van der Waals surface area contributed by atoms with Crippen molar-refractivity contribution in [1.82, 2.24) is 10.2 Å². The van der Waals surface area contributed by atoms with Gasteiger partial charge in [0.1, 0.15) is 5.56 Å². The van der Waals surface area contributed by atoms with E-state index in [-0.39, 0.29) is 11.3 Å². The zero-order valence-corrected chi connectivity index (χ0v) is 15.4. The van der Waals surface area contributed by atoms with E-state index in [1.54, 1.807) is 12.1 Å². The summed E-state index contributed by atoms with van der Waals surface area (Å²) in [6.45, 7) is 4.63. The Bertz CT molecular complexity index is 799. The first kappa shape index (κ1) is 18.8. The van der Waals surface area contributed by atoms with Crippen LogP contribution in [-0.4, -0.2) is 55.5 Å². The summed E-state index contributed by atoms with van der Waals surface area (Å²) in [5.74, 6) is -0.420. The van der Waals surface area contributed by atoms with Gasteiger partial charge in [0.2, 0.25) is 0 Å². The number of nitro benzene ring substituents is 1. The zero-order valence-electron chi connectivity index (χ0n) is 15.4. The number of para-hydroxylation sites is 1. The number of piperazine rings is 1. The van der Waals surface area contributed by atoms with Crippen LogP contribution in [0.3, 0.4) is 0 Å². The van der Waals surface area contributed by atoms with Gasteiger partial charge in [-0.25, -0.2) is 0 Å². The van der Waals surface area contributed by atoms with Gasteiger partial charge in [-0.05, 0) is 37.2 Å². The van der Waals surface area contributed by atoms with Crippen molar-refractivity contribution in [3.05, 3.63) is 69.8 Å². The van der Waals surface area contributed by atoms with E-state index in [9.17, 15) is 14.9 Å². The van der Waals surface area contributed by atoms with Gasteiger partial charge in [0.05, 0.1) is 4.92 Å². The van der Waals surface area contributed by atoms with Crippen molar-refractivity contribution in [2.75, 3.05) is 44.7 Å². The molecule has 0 unspecified atom stereocenters. The third-order valence-corrected chi connectivity index (χ3v) is 4.85. The largest absolute Gasteiger partial charge is 0.369 e. The molecule has 1 heterocycles. The van der Waals surface area contributed by atoms with Crippen LogP contribution in [0.5, 0.6) is 0 Å². The molecule has 1 amide bonds. The summed E-state index contributed by atoms with van der Waals surface area (Å²) in [5, 5.41) is 13.8. The predicted octanol–water partition coefficient (Wildman–Crippen LogP) is 2.32. The highest BCUT2D eigenvalue weighted by Crippen LogP contribution is 2.18. The number of carbonyl (C=O) groups excluding carboxylic acids is 1. The quantitative estimate of drug-likeness (QED) is 0.625. The molecule has 0 saturated carbocycles. The Morgan fingerprint density at radius 1 is 1.07 bits per heavy atom. The Morgan fingerprint density at radius 3 is 2.41 bits per heavy atom. The van der Waals surface area contributed by atoms with Crippen LogP contribution >= 0.6 is 0 Å². The first-order valence-electron chi connectivity index (χ1n) is 9.08. The van der Waals surface area contributed by atoms with Crippen LogP contribution in [0, 0.1) is 10.1 Å². The number of hydrogen-bond donors (Lipinski definition) is 1. The van der Waals surface area contributed by atoms with Gasteiger partial charge >= 0.3 is 0 Å². The molecule has 1 saturated heterocycles. The van der Waals surface area contributed by atoms with Gasteiger partial charge in [0.15, 0.2) is 0 Å². The molecule has 0 atom stereocenters. The maximum atomic E-state index is 12.2. The molecule has 142 valence electrons. The molecule has 3 rings (SSSR count). The summed E-state index contributed by atoms with van der Waals surface area (Å²) in [7, 11) is 2.14. The van der Waals surface area contributed by atoms with Gasteiger partial charge in [-0.3, -0.25) is 14.9 Å². The topological polar surface area (TPSA) is 78.7 Å². The lowest BCUT2D eigenvalue weighted by Crippen LogP contribution is -2.44. The highest BCUT2D eigenvalue weighted by molar-refractivity contribution is 5.98. The van der Waals surface area contributed by atoms with E-state index in [2.05, 4.69) is 46.4 Å². The molecule has 1 aliphatic heterocycles. The third kappa shape index (κ3) is 4.83. The molecule has 7 heteroatoms. The summed E-state index contributed by atoms with van der Waals surface area (Å²) < 4.78 is 0. The molecule has 7 nitrogen and oxygen atoms in total. The van der Waals surface area contributed by atoms with Crippen LogP contribution in [0.2, 0.25) is 0 Å². The van der Waals surface area contributed by atoms with Crippen molar-refractivity contribution in [3.63, 3.8) is 0 Å². The maximum Gasteiger partial charge on any atom is 0.282 e. The van der Waals surface area contributed by atoms with Crippen LogP contribution in [0.25, 0.3) is 0 Å². The molecule has 2 aromatic rings. The molecular formula is C20H24N4O3. The van der Waals surface area contributed by atoms with Gasteiger partial charge in [-0.2, -0.15) is 0 Å². The second-order valence-corrected chi connectivity index (χ2v) is 6.74. The van der Waals surface area contributed by atoms with E-state index < -0.39 is 10.8 Å². The summed E-state index contributed by atoms with van der Waals surface area (Å²) in [6.07, 6.45) is 0.676. The number of nitrogens with one attached hydrogen (secondary N) is 1. The second kappa shape index (κ2) is 8.64. The number of amides is 1. The molecule has 0 bridgehead atoms. The average Bonchev–Trinajstić information content (AvgIpc) is 2.69. The smallest absolute Gasteiger partial charge is 0.282 e. The highest BCUT2D eigenvalue weighted by atomic mass is 16.6. The lowest BCUT2D eigenvalue weighted by atomic mass is 10.1. The van der Waals surface area contributed by atoms with Crippen molar-refractivity contribution in [1.29, 1.82) is 0 Å². The molecule has 0 aliphatic carbocycles. The molecule has 1 aliphatic rings. The van der Waals surface area contributed by atoms with Crippen molar-refractivity contribution in [2.24, 2.45) is 0 Å². The number of carbonyl (C=O) groups is 1. The van der Waals surface area contributed by atoms with Gasteiger partial charge in [0.25, 0.3) is 11.6 Å². The molecule has 1 fully saturated rings. The Labute approximate surface area is 158 Å². The minimum Gasteiger partial charge on any atom is -0.369 e. The van der Waals surface area contributed by atoms with E-state index in [1.807, 2.05) is 0 Å². The van der Waals surface area contributed by atoms with Crippen molar-refractivity contribution < 1.29 is 9.72 Å². The summed E-state index contributed by atoms with van der Waals surface area (Å²) in [4.78, 5) is 27.4. The van der Waals surface area contributed by atoms with Gasteiger partial charge in [-0.1, -0.05) is 24.3 Å². The van der Waals surface area contributed by atoms with Crippen LogP contribution in [0.15, 0.2) is 48.5 Å². The normalized spacial score (nSPS) is 14.8. The number of nitro groups is 1. The second-order valence-electron chi connectivity index (χ2n) is 6.74. The standard InChI is InChI=1S/C20H24N4O3/c1-22-12-14-23(15-13-22)17-8-6-16(7-9-17)10-11-21-20(25)18-4-2-3-5-19(18)24(26)27/h2-9H,10-15H2,1H3,(H,21,25). The maximum absolute atomic E-state index is 12.2. The van der Waals surface area contributed by atoms with Crippen molar-refractivity contribution in [2.45, 2.75) is 6.42 Å². The van der Waals surface area contributed by atoms with Gasteiger partial charge in [-0.15, -0.1) is 0 Å². The minimum absolute atomic E-state index is 0.0907. The number of nitrogens with zero attached hydrogens (tertiary/aromatic N) is 3. The predicted molar refractivity (Wildman–Crippen MR) is 105 cm³/mol. The number of likely N-dealkylation sites (N-methyl/N-ethyl adjacent to an activating group) is 1. The first-order valence-corrected chi connectivity index (χ1v) is 9.08. The summed E-state index contributed by atoms with van der Waals surface area (Å²) in [6, 6.07) is 14.4. The van der Waals surface area contributed by atoms with Crippen LogP contribution in [-0.2, 0) is 6.42 Å². The monoisotopic (exact) mass is 368 g/mol. The molecule has 0 radical (unpaired) electrons. The third-order valence-electron chi connectivity index (χ3n) is 4.85. The number of anilines is 1. The van der Waals surface area contributed by atoms with Crippen LogP contribution in [0.1, 0.15) is 15.9 Å². The van der Waals surface area contributed by atoms with Gasteiger partial charge in [0, 0.05) is 44.5 Å². The van der Waals surface area contributed by atoms with E-state index in [0.29, 0.717) is 13.0 Å². The molecule has 1 N–H and O–H groups in total. The number of hydrogen-bond acceptors (Lipinski definition) is 5. The first-order chi connectivity index (χ1) is 13.0. The average molecular weight is 368 g/mol. The molecular weight excluding hydrogens is 344 g/mol. The SMILES string of the molecule is CN1CCN(c2ccc(CCNC(=O)c3ccccc3[N+](=O)[O-])cc2)CC1. The van der Waals surface area contributed by atoms with Crippen LogP contribution < -0.4 is 10.2 Å². The Kier molecular flexibility index (Phi) is 6.03. The lowest BCUT2D eigenvalue weighted by Gasteiger charge is -2.34. The number of benzene rings is 2. The van der Waals surface area contributed by atoms with E-state index in [0.717, 1.165) is 31.7 Å². The fourth-order valence-electron chi connectivity index (χ4n) is 3.18.